The first kappa shape index (κ1) is 16.6. The molecule has 0 aliphatic rings. The normalized spacial score (nSPS) is 10.7. The van der Waals surface area contributed by atoms with Crippen molar-refractivity contribution >= 4 is 38.9 Å². The summed E-state index contributed by atoms with van der Waals surface area (Å²) in [5, 5.41) is 15.1. The molecule has 22 heavy (non-hydrogen) atoms. The Balaban J connectivity index is 2.08. The number of likely N-dealkylation sites (N-methyl/N-ethyl adjacent to an activating group) is 1. The minimum absolute atomic E-state index is 0.0104. The molecule has 9 heteroatoms. The Bertz CT molecular complexity index is 725. The van der Waals surface area contributed by atoms with E-state index in [1.165, 1.54) is 4.68 Å². The van der Waals surface area contributed by atoms with Gasteiger partial charge in [0.1, 0.15) is 17.9 Å². The molecule has 0 unspecified atom stereocenters. The van der Waals surface area contributed by atoms with Crippen molar-refractivity contribution in [1.29, 1.82) is 0 Å². The minimum Gasteiger partial charge on any atom is -0.339 e. The topological polar surface area (TPSA) is 81.3 Å². The van der Waals surface area contributed by atoms with Gasteiger partial charge in [-0.3, -0.25) is 19.6 Å². The SMILES string of the molecule is Cc1nn(CC(=O)N(C)Cc2ccc(Br)s2)c(C)c1[N+](=O)[O-]. The number of carbonyl (C=O) groups is 1. The van der Waals surface area contributed by atoms with Crippen LogP contribution in [0.5, 0.6) is 0 Å². The van der Waals surface area contributed by atoms with Crippen molar-refractivity contribution in [3.05, 3.63) is 42.3 Å². The van der Waals surface area contributed by atoms with E-state index in [1.54, 1.807) is 37.1 Å². The van der Waals surface area contributed by atoms with Gasteiger partial charge in [-0.1, -0.05) is 0 Å². The van der Waals surface area contributed by atoms with Gasteiger partial charge in [-0.05, 0) is 41.9 Å². The maximum Gasteiger partial charge on any atom is 0.312 e. The van der Waals surface area contributed by atoms with Gasteiger partial charge in [0.2, 0.25) is 5.91 Å². The van der Waals surface area contributed by atoms with Crippen molar-refractivity contribution in [3.63, 3.8) is 0 Å². The van der Waals surface area contributed by atoms with Crippen LogP contribution in [0.4, 0.5) is 5.69 Å². The third-order valence-corrected chi connectivity index (χ3v) is 4.87. The Labute approximate surface area is 139 Å². The molecular formula is C13H15BrN4O3S. The minimum atomic E-state index is -0.467. The molecule has 0 aliphatic heterocycles. The third kappa shape index (κ3) is 3.53. The number of hydrogen-bond donors (Lipinski definition) is 0. The van der Waals surface area contributed by atoms with Gasteiger partial charge in [-0.2, -0.15) is 5.10 Å². The molecule has 0 saturated carbocycles. The van der Waals surface area contributed by atoms with E-state index >= 15 is 0 Å². The number of aryl methyl sites for hydroxylation is 1. The molecule has 0 N–H and O–H groups in total. The average molecular weight is 387 g/mol. The van der Waals surface area contributed by atoms with E-state index in [0.29, 0.717) is 17.9 Å². The molecule has 0 aromatic carbocycles. The zero-order valence-corrected chi connectivity index (χ0v) is 14.8. The molecule has 7 nitrogen and oxygen atoms in total. The predicted molar refractivity (Wildman–Crippen MR) is 86.8 cm³/mol. The summed E-state index contributed by atoms with van der Waals surface area (Å²) in [6.07, 6.45) is 0. The molecule has 0 radical (unpaired) electrons. The van der Waals surface area contributed by atoms with Crippen molar-refractivity contribution in [1.82, 2.24) is 14.7 Å². The second kappa shape index (κ2) is 6.57. The van der Waals surface area contributed by atoms with Gasteiger partial charge in [-0.15, -0.1) is 11.3 Å². The van der Waals surface area contributed by atoms with Crippen LogP contribution in [0.2, 0.25) is 0 Å². The molecule has 2 aromatic rings. The summed E-state index contributed by atoms with van der Waals surface area (Å²) in [6, 6.07) is 3.88. The standard InChI is InChI=1S/C13H15BrN4O3S/c1-8-13(18(20)21)9(2)17(15-8)7-12(19)16(3)6-10-4-5-11(14)22-10/h4-5H,6-7H2,1-3H3. The molecule has 0 atom stereocenters. The lowest BCUT2D eigenvalue weighted by Gasteiger charge is -2.16. The Kier molecular flexibility index (Phi) is 4.97. The number of aromatic nitrogens is 2. The zero-order chi connectivity index (χ0) is 16.4. The van der Waals surface area contributed by atoms with Gasteiger partial charge < -0.3 is 4.90 Å². The lowest BCUT2D eigenvalue weighted by atomic mass is 10.3. The van der Waals surface area contributed by atoms with Crippen molar-refractivity contribution in [3.8, 4) is 0 Å². The highest BCUT2D eigenvalue weighted by molar-refractivity contribution is 9.11. The zero-order valence-electron chi connectivity index (χ0n) is 12.4. The third-order valence-electron chi connectivity index (χ3n) is 3.26. The summed E-state index contributed by atoms with van der Waals surface area (Å²) in [7, 11) is 1.70. The molecular weight excluding hydrogens is 372 g/mol. The van der Waals surface area contributed by atoms with Gasteiger partial charge in [0.05, 0.1) is 15.3 Å². The highest BCUT2D eigenvalue weighted by Gasteiger charge is 2.23. The molecule has 2 rings (SSSR count). The van der Waals surface area contributed by atoms with E-state index in [1.807, 2.05) is 12.1 Å². The van der Waals surface area contributed by atoms with E-state index in [9.17, 15) is 14.9 Å². The van der Waals surface area contributed by atoms with Gasteiger partial charge in [0, 0.05) is 11.9 Å². The largest absolute Gasteiger partial charge is 0.339 e. The predicted octanol–water partition coefficient (Wildman–Crippen LogP) is 2.89. The fraction of sp³-hybridized carbons (Fsp3) is 0.385. The lowest BCUT2D eigenvalue weighted by molar-refractivity contribution is -0.386. The Morgan fingerprint density at radius 2 is 2.18 bits per heavy atom. The molecule has 0 aliphatic carbocycles. The number of nitro groups is 1. The Morgan fingerprint density at radius 3 is 2.68 bits per heavy atom. The highest BCUT2D eigenvalue weighted by atomic mass is 79.9. The van der Waals surface area contributed by atoms with Crippen molar-refractivity contribution in [2.75, 3.05) is 7.05 Å². The number of rotatable bonds is 5. The van der Waals surface area contributed by atoms with E-state index in [-0.39, 0.29) is 18.1 Å². The summed E-state index contributed by atoms with van der Waals surface area (Å²) < 4.78 is 2.40. The molecule has 2 aromatic heterocycles. The van der Waals surface area contributed by atoms with Crippen molar-refractivity contribution in [2.45, 2.75) is 26.9 Å². The van der Waals surface area contributed by atoms with Crippen molar-refractivity contribution in [2.24, 2.45) is 0 Å². The van der Waals surface area contributed by atoms with E-state index in [0.717, 1.165) is 8.66 Å². The van der Waals surface area contributed by atoms with Crippen LogP contribution in [-0.4, -0.2) is 32.6 Å². The summed E-state index contributed by atoms with van der Waals surface area (Å²) in [6.45, 7) is 3.65. The maximum absolute atomic E-state index is 12.3. The molecule has 2 heterocycles. The first-order chi connectivity index (χ1) is 10.3. The van der Waals surface area contributed by atoms with Crippen LogP contribution >= 0.6 is 27.3 Å². The first-order valence-electron chi connectivity index (χ1n) is 6.46. The summed E-state index contributed by atoms with van der Waals surface area (Å²) >= 11 is 4.95. The highest BCUT2D eigenvalue weighted by Crippen LogP contribution is 2.24. The fourth-order valence-electron chi connectivity index (χ4n) is 2.11. The van der Waals surface area contributed by atoms with Gasteiger partial charge >= 0.3 is 5.69 Å². The maximum atomic E-state index is 12.3. The van der Waals surface area contributed by atoms with Crippen LogP contribution in [0.1, 0.15) is 16.3 Å². The van der Waals surface area contributed by atoms with Crippen LogP contribution in [0, 0.1) is 24.0 Å². The second-order valence-electron chi connectivity index (χ2n) is 4.89. The number of halogens is 1. The average Bonchev–Trinajstić information content (AvgIpc) is 2.93. The fourth-order valence-corrected chi connectivity index (χ4v) is 3.65. The molecule has 118 valence electrons. The Morgan fingerprint density at radius 1 is 1.50 bits per heavy atom. The second-order valence-corrected chi connectivity index (χ2v) is 7.44. The summed E-state index contributed by atoms with van der Waals surface area (Å²) in [4.78, 5) is 25.4. The lowest BCUT2D eigenvalue weighted by Crippen LogP contribution is -2.30. The van der Waals surface area contributed by atoms with Gasteiger partial charge in [0.25, 0.3) is 0 Å². The molecule has 1 amide bonds. The number of carbonyl (C=O) groups excluding carboxylic acids is 1. The molecule has 0 saturated heterocycles. The quantitative estimate of drug-likeness (QED) is 0.584. The number of nitrogens with zero attached hydrogens (tertiary/aromatic N) is 4. The number of amides is 1. The van der Waals surface area contributed by atoms with E-state index < -0.39 is 4.92 Å². The molecule has 0 spiro atoms. The van der Waals surface area contributed by atoms with Crippen LogP contribution < -0.4 is 0 Å². The smallest absolute Gasteiger partial charge is 0.312 e. The van der Waals surface area contributed by atoms with Crippen molar-refractivity contribution < 1.29 is 9.72 Å². The summed E-state index contributed by atoms with van der Waals surface area (Å²) in [5.41, 5.74) is 0.681. The first-order valence-corrected chi connectivity index (χ1v) is 8.07. The van der Waals surface area contributed by atoms with E-state index in [2.05, 4.69) is 21.0 Å². The molecule has 0 fully saturated rings. The van der Waals surface area contributed by atoms with Crippen LogP contribution in [-0.2, 0) is 17.9 Å². The van der Waals surface area contributed by atoms with Crippen LogP contribution in [0.3, 0.4) is 0 Å². The Hall–Kier alpha value is -1.74. The van der Waals surface area contributed by atoms with Crippen LogP contribution in [0.15, 0.2) is 15.9 Å². The number of thiophene rings is 1. The van der Waals surface area contributed by atoms with Gasteiger partial charge in [-0.25, -0.2) is 0 Å². The summed E-state index contributed by atoms with van der Waals surface area (Å²) in [5.74, 6) is -0.148. The molecule has 0 bridgehead atoms. The number of hydrogen-bond acceptors (Lipinski definition) is 5. The van der Waals surface area contributed by atoms with E-state index in [4.69, 9.17) is 0 Å². The monoisotopic (exact) mass is 386 g/mol. The van der Waals surface area contributed by atoms with Crippen LogP contribution in [0.25, 0.3) is 0 Å². The van der Waals surface area contributed by atoms with Gasteiger partial charge in [0.15, 0.2) is 0 Å².